The van der Waals surface area contributed by atoms with Crippen LogP contribution in [0.4, 0.5) is 0 Å². The zero-order valence-electron chi connectivity index (χ0n) is 10.5. The highest BCUT2D eigenvalue weighted by molar-refractivity contribution is 7.14. The zero-order valence-corrected chi connectivity index (χ0v) is 11.3. The fourth-order valence-electron chi connectivity index (χ4n) is 2.05. The molecule has 1 heterocycles. The largest absolute Gasteiger partial charge is 0.495 e. The maximum atomic E-state index is 12.1. The first kappa shape index (κ1) is 13.1. The van der Waals surface area contributed by atoms with E-state index in [1.54, 1.807) is 7.11 Å². The Morgan fingerprint density at radius 3 is 3.00 bits per heavy atom. The third kappa shape index (κ3) is 2.73. The highest BCUT2D eigenvalue weighted by Gasteiger charge is 2.22. The second kappa shape index (κ2) is 5.54. The number of ether oxygens (including phenoxy) is 1. The lowest BCUT2D eigenvalue weighted by Crippen LogP contribution is -2.32. The number of carbonyl (C=O) groups excluding carboxylic acids is 1. The molecule has 0 bridgehead atoms. The fraction of sp³-hybridized carbons (Fsp3) is 0.462. The summed E-state index contributed by atoms with van der Waals surface area (Å²) in [6.45, 7) is 2.07. The molecule has 2 atom stereocenters. The third-order valence-electron chi connectivity index (χ3n) is 2.97. The predicted molar refractivity (Wildman–Crippen MR) is 71.2 cm³/mol. The van der Waals surface area contributed by atoms with Crippen LogP contribution in [0.1, 0.15) is 21.0 Å². The lowest BCUT2D eigenvalue weighted by Gasteiger charge is -2.12. The Morgan fingerprint density at radius 2 is 2.39 bits per heavy atom. The van der Waals surface area contributed by atoms with Crippen LogP contribution in [0.15, 0.2) is 18.2 Å². The molecule has 0 fully saturated rings. The van der Waals surface area contributed by atoms with E-state index in [4.69, 9.17) is 9.84 Å². The van der Waals surface area contributed by atoms with Gasteiger partial charge in [0, 0.05) is 23.4 Å². The molecule has 18 heavy (non-hydrogen) atoms. The van der Waals surface area contributed by atoms with Gasteiger partial charge in [-0.1, -0.05) is 12.2 Å². The van der Waals surface area contributed by atoms with Gasteiger partial charge in [-0.3, -0.25) is 4.79 Å². The Bertz CT molecular complexity index is 467. The number of rotatable bonds is 4. The summed E-state index contributed by atoms with van der Waals surface area (Å²) in [6.07, 6.45) is 4.64. The lowest BCUT2D eigenvalue weighted by atomic mass is 10.1. The molecule has 0 radical (unpaired) electrons. The predicted octanol–water partition coefficient (Wildman–Crippen LogP) is 1.73. The van der Waals surface area contributed by atoms with Gasteiger partial charge < -0.3 is 15.2 Å². The first-order valence-corrected chi connectivity index (χ1v) is 6.70. The van der Waals surface area contributed by atoms with E-state index in [0.29, 0.717) is 10.6 Å². The summed E-state index contributed by atoms with van der Waals surface area (Å²) in [5.41, 5.74) is 0. The van der Waals surface area contributed by atoms with E-state index in [1.807, 2.05) is 25.1 Å². The molecule has 2 N–H and O–H groups in total. The van der Waals surface area contributed by atoms with Crippen molar-refractivity contribution in [1.29, 1.82) is 0 Å². The molecule has 1 aliphatic rings. The van der Waals surface area contributed by atoms with E-state index in [9.17, 15) is 4.79 Å². The average molecular weight is 267 g/mol. The van der Waals surface area contributed by atoms with Gasteiger partial charge in [0.1, 0.15) is 10.6 Å². The Hall–Kier alpha value is -1.33. The molecule has 0 aromatic carbocycles. The third-order valence-corrected chi connectivity index (χ3v) is 4.00. The van der Waals surface area contributed by atoms with Gasteiger partial charge in [0.2, 0.25) is 0 Å². The molecule has 1 amide bonds. The van der Waals surface area contributed by atoms with Crippen molar-refractivity contribution in [2.24, 2.45) is 5.92 Å². The SMILES string of the molecule is COc1cc(C)sc1C(=O)N[C@@H]1C=C[C@H](CO)C1. The standard InChI is InChI=1S/C13H17NO3S/c1-8-5-11(17-2)12(18-8)13(16)14-10-4-3-9(6-10)7-15/h3-5,9-10,15H,6-7H2,1-2H3,(H,14,16)/t9-,10+/m0/s1. The molecule has 0 saturated carbocycles. The van der Waals surface area contributed by atoms with Crippen molar-refractivity contribution < 1.29 is 14.6 Å². The van der Waals surface area contributed by atoms with Gasteiger partial charge >= 0.3 is 0 Å². The summed E-state index contributed by atoms with van der Waals surface area (Å²) in [5.74, 6) is 0.663. The van der Waals surface area contributed by atoms with Crippen LogP contribution in [0.25, 0.3) is 0 Å². The topological polar surface area (TPSA) is 58.6 Å². The van der Waals surface area contributed by atoms with Crippen LogP contribution >= 0.6 is 11.3 Å². The van der Waals surface area contributed by atoms with Gasteiger partial charge in [0.05, 0.1) is 7.11 Å². The molecule has 1 aromatic heterocycles. The number of aliphatic hydroxyl groups is 1. The summed E-state index contributed by atoms with van der Waals surface area (Å²) in [5, 5.41) is 12.0. The van der Waals surface area contributed by atoms with Crippen LogP contribution in [-0.4, -0.2) is 30.8 Å². The molecule has 2 rings (SSSR count). The first-order chi connectivity index (χ1) is 8.63. The Labute approximate surface area is 110 Å². The van der Waals surface area contributed by atoms with E-state index in [-0.39, 0.29) is 24.5 Å². The number of methoxy groups -OCH3 is 1. The summed E-state index contributed by atoms with van der Waals surface area (Å²) in [4.78, 5) is 13.8. The molecular formula is C13H17NO3S. The van der Waals surface area contributed by atoms with Crippen molar-refractivity contribution in [3.05, 3.63) is 28.0 Å². The van der Waals surface area contributed by atoms with Crippen molar-refractivity contribution in [2.75, 3.05) is 13.7 Å². The maximum Gasteiger partial charge on any atom is 0.265 e. The Morgan fingerprint density at radius 1 is 1.61 bits per heavy atom. The molecule has 4 nitrogen and oxygen atoms in total. The number of nitrogens with one attached hydrogen (secondary N) is 1. The number of thiophene rings is 1. The van der Waals surface area contributed by atoms with Crippen molar-refractivity contribution in [3.8, 4) is 5.75 Å². The molecule has 1 aromatic rings. The molecule has 0 unspecified atom stereocenters. The number of aliphatic hydroxyl groups excluding tert-OH is 1. The minimum absolute atomic E-state index is 0.00163. The summed E-state index contributed by atoms with van der Waals surface area (Å²) in [7, 11) is 1.57. The van der Waals surface area contributed by atoms with E-state index in [2.05, 4.69) is 5.32 Å². The molecular weight excluding hydrogens is 250 g/mol. The minimum Gasteiger partial charge on any atom is -0.495 e. The number of amides is 1. The number of hydrogen-bond donors (Lipinski definition) is 2. The van der Waals surface area contributed by atoms with E-state index < -0.39 is 0 Å². The zero-order chi connectivity index (χ0) is 13.1. The first-order valence-electron chi connectivity index (χ1n) is 5.88. The number of hydrogen-bond acceptors (Lipinski definition) is 4. The smallest absolute Gasteiger partial charge is 0.265 e. The van der Waals surface area contributed by atoms with Crippen molar-refractivity contribution >= 4 is 17.2 Å². The van der Waals surface area contributed by atoms with Crippen LogP contribution < -0.4 is 10.1 Å². The molecule has 0 saturated heterocycles. The van der Waals surface area contributed by atoms with Crippen molar-refractivity contribution in [2.45, 2.75) is 19.4 Å². The maximum absolute atomic E-state index is 12.1. The average Bonchev–Trinajstić information content (AvgIpc) is 2.95. The van der Waals surface area contributed by atoms with Crippen molar-refractivity contribution in [1.82, 2.24) is 5.32 Å². The van der Waals surface area contributed by atoms with Crippen LogP contribution in [0, 0.1) is 12.8 Å². The molecule has 0 aliphatic heterocycles. The second-order valence-electron chi connectivity index (χ2n) is 4.40. The monoisotopic (exact) mass is 267 g/mol. The Kier molecular flexibility index (Phi) is 4.04. The lowest BCUT2D eigenvalue weighted by molar-refractivity contribution is 0.0942. The summed E-state index contributed by atoms with van der Waals surface area (Å²) < 4.78 is 5.19. The number of aryl methyl sites for hydroxylation is 1. The molecule has 0 spiro atoms. The quantitative estimate of drug-likeness (QED) is 0.817. The number of carbonyl (C=O) groups is 1. The van der Waals surface area contributed by atoms with E-state index in [1.165, 1.54) is 11.3 Å². The normalized spacial score (nSPS) is 22.2. The van der Waals surface area contributed by atoms with Gasteiger partial charge in [-0.05, 0) is 19.4 Å². The second-order valence-corrected chi connectivity index (χ2v) is 5.65. The van der Waals surface area contributed by atoms with Gasteiger partial charge in [-0.2, -0.15) is 0 Å². The summed E-state index contributed by atoms with van der Waals surface area (Å²) >= 11 is 1.43. The molecule has 1 aliphatic carbocycles. The fourth-order valence-corrected chi connectivity index (χ4v) is 2.93. The highest BCUT2D eigenvalue weighted by Crippen LogP contribution is 2.29. The molecule has 98 valence electrons. The van der Waals surface area contributed by atoms with Crippen LogP contribution in [-0.2, 0) is 0 Å². The van der Waals surface area contributed by atoms with Gasteiger partial charge in [0.15, 0.2) is 0 Å². The van der Waals surface area contributed by atoms with Crippen LogP contribution in [0.2, 0.25) is 0 Å². The minimum atomic E-state index is -0.113. The highest BCUT2D eigenvalue weighted by atomic mass is 32.1. The molecule has 5 heteroatoms. The Balaban J connectivity index is 2.02. The summed E-state index contributed by atoms with van der Waals surface area (Å²) in [6, 6.07) is 1.86. The van der Waals surface area contributed by atoms with Crippen molar-refractivity contribution in [3.63, 3.8) is 0 Å². The van der Waals surface area contributed by atoms with Gasteiger partial charge in [-0.25, -0.2) is 0 Å². The van der Waals surface area contributed by atoms with Crippen LogP contribution in [0.3, 0.4) is 0 Å². The van der Waals surface area contributed by atoms with Gasteiger partial charge in [-0.15, -0.1) is 11.3 Å². The van der Waals surface area contributed by atoms with Gasteiger partial charge in [0.25, 0.3) is 5.91 Å². The van der Waals surface area contributed by atoms with Crippen LogP contribution in [0.5, 0.6) is 5.75 Å². The van der Waals surface area contributed by atoms with E-state index in [0.717, 1.165) is 11.3 Å². The van der Waals surface area contributed by atoms with E-state index >= 15 is 0 Å².